The first-order valence-electron chi connectivity index (χ1n) is 4.71. The average molecular weight is 235 g/mol. The van der Waals surface area contributed by atoms with E-state index in [1.165, 1.54) is 6.21 Å². The minimum atomic E-state index is -0.311. The number of benzene rings is 1. The van der Waals surface area contributed by atoms with Gasteiger partial charge in [0.1, 0.15) is 0 Å². The van der Waals surface area contributed by atoms with E-state index in [0.29, 0.717) is 0 Å². The highest BCUT2D eigenvalue weighted by atomic mass is 16.8. The first-order valence-corrected chi connectivity index (χ1v) is 4.71. The van der Waals surface area contributed by atoms with Crippen LogP contribution in [0.5, 0.6) is 0 Å². The predicted octanol–water partition coefficient (Wildman–Crippen LogP) is 0.585. The summed E-state index contributed by atoms with van der Waals surface area (Å²) in [6.07, 6.45) is 4.94. The number of nitrogens with zero attached hydrogens (tertiary/aromatic N) is 3. The van der Waals surface area contributed by atoms with Gasteiger partial charge in [-0.1, -0.05) is 36.4 Å². The highest BCUT2D eigenvalue weighted by Gasteiger charge is 1.92. The molecule has 0 atom stereocenters. The Balaban J connectivity index is 2.43. The molecule has 90 valence electrons. The largest absolute Gasteiger partial charge is 0.367 e. The van der Waals surface area contributed by atoms with Crippen molar-refractivity contribution < 1.29 is 10.4 Å². The van der Waals surface area contributed by atoms with Crippen LogP contribution >= 0.6 is 0 Å². The Morgan fingerprint density at radius 1 is 1.29 bits per heavy atom. The maximum absolute atomic E-state index is 8.33. The third-order valence-electron chi connectivity index (χ3n) is 1.62. The third kappa shape index (κ3) is 6.05. The van der Waals surface area contributed by atoms with Crippen LogP contribution in [0.2, 0.25) is 0 Å². The van der Waals surface area contributed by atoms with Crippen LogP contribution in [0.1, 0.15) is 5.56 Å². The lowest BCUT2D eigenvalue weighted by molar-refractivity contribution is -0.329. The van der Waals surface area contributed by atoms with Crippen molar-refractivity contribution in [1.29, 1.82) is 0 Å². The fourth-order valence-corrected chi connectivity index (χ4v) is 0.977. The van der Waals surface area contributed by atoms with Crippen LogP contribution in [-0.4, -0.2) is 27.9 Å². The van der Waals surface area contributed by atoms with Crippen LogP contribution in [-0.2, 0) is 0 Å². The molecule has 1 aromatic rings. The van der Waals surface area contributed by atoms with Crippen molar-refractivity contribution in [1.82, 2.24) is 10.8 Å². The summed E-state index contributed by atoms with van der Waals surface area (Å²) in [4.78, 5) is 0. The number of allylic oxidation sites excluding steroid dienone is 1. The van der Waals surface area contributed by atoms with Gasteiger partial charge in [-0.3, -0.25) is 10.4 Å². The first-order chi connectivity index (χ1) is 8.18. The zero-order chi connectivity index (χ0) is 12.5. The maximum Gasteiger partial charge on any atom is 0.232 e. The smallest absolute Gasteiger partial charge is 0.232 e. The van der Waals surface area contributed by atoms with Crippen molar-refractivity contribution in [2.45, 2.75) is 0 Å². The highest BCUT2D eigenvalue weighted by molar-refractivity contribution is 5.80. The monoisotopic (exact) mass is 235 g/mol. The zero-order valence-electron chi connectivity index (χ0n) is 8.93. The number of hydrazine groups is 1. The predicted molar refractivity (Wildman–Crippen MR) is 64.1 cm³/mol. The Hall–Kier alpha value is -2.22. The molecule has 0 bridgehead atoms. The number of rotatable bonds is 4. The fraction of sp³-hybridized carbons (Fsp3) is 0. The molecule has 0 unspecified atom stereocenters. The van der Waals surface area contributed by atoms with Gasteiger partial charge in [0, 0.05) is 11.6 Å². The van der Waals surface area contributed by atoms with Gasteiger partial charge in [-0.25, -0.2) is 5.43 Å². The molecule has 0 spiro atoms. The number of nitrogens with one attached hydrogen (secondary N) is 1. The number of nitrogens with two attached hydrogens (primary N) is 1. The van der Waals surface area contributed by atoms with Gasteiger partial charge in [0.25, 0.3) is 0 Å². The Morgan fingerprint density at radius 2 is 2.00 bits per heavy atom. The summed E-state index contributed by atoms with van der Waals surface area (Å²) < 4.78 is 0. The van der Waals surface area contributed by atoms with Crippen molar-refractivity contribution in [2.75, 3.05) is 0 Å². The third-order valence-corrected chi connectivity index (χ3v) is 1.62. The number of hydrogen-bond donors (Lipinski definition) is 4. The van der Waals surface area contributed by atoms with Crippen molar-refractivity contribution in [3.05, 3.63) is 42.0 Å². The van der Waals surface area contributed by atoms with E-state index in [0.717, 1.165) is 5.56 Å². The lowest BCUT2D eigenvalue weighted by atomic mass is 10.2. The lowest BCUT2D eigenvalue weighted by Gasteiger charge is -2.05. The highest BCUT2D eigenvalue weighted by Crippen LogP contribution is 1.99. The van der Waals surface area contributed by atoms with Crippen LogP contribution in [0.4, 0.5) is 0 Å². The van der Waals surface area contributed by atoms with Gasteiger partial charge in [0.2, 0.25) is 5.96 Å². The molecule has 1 rings (SSSR count). The molecule has 5 N–H and O–H groups in total. The van der Waals surface area contributed by atoms with Crippen LogP contribution in [0.3, 0.4) is 0 Å². The van der Waals surface area contributed by atoms with Crippen molar-refractivity contribution in [3.8, 4) is 0 Å². The van der Waals surface area contributed by atoms with E-state index in [1.54, 1.807) is 6.08 Å². The molecule has 7 nitrogen and oxygen atoms in total. The van der Waals surface area contributed by atoms with E-state index < -0.39 is 0 Å². The van der Waals surface area contributed by atoms with E-state index in [4.69, 9.17) is 16.1 Å². The summed E-state index contributed by atoms with van der Waals surface area (Å²) >= 11 is 0. The molecule has 1 aromatic carbocycles. The second-order valence-corrected chi connectivity index (χ2v) is 2.92. The van der Waals surface area contributed by atoms with Gasteiger partial charge in [-0.15, -0.1) is 5.10 Å². The summed E-state index contributed by atoms with van der Waals surface area (Å²) in [6, 6.07) is 9.66. The summed E-state index contributed by atoms with van der Waals surface area (Å²) in [5, 5.41) is 23.4. The van der Waals surface area contributed by atoms with Gasteiger partial charge in [0.05, 0.1) is 0 Å². The summed E-state index contributed by atoms with van der Waals surface area (Å²) in [5.41, 5.74) is 8.13. The Kier molecular flexibility index (Phi) is 5.38. The van der Waals surface area contributed by atoms with Gasteiger partial charge in [-0.2, -0.15) is 5.10 Å². The fourth-order valence-electron chi connectivity index (χ4n) is 0.977. The second kappa shape index (κ2) is 7.12. The zero-order valence-corrected chi connectivity index (χ0v) is 8.93. The van der Waals surface area contributed by atoms with E-state index in [2.05, 4.69) is 10.2 Å². The van der Waals surface area contributed by atoms with E-state index in [-0.39, 0.29) is 11.3 Å². The molecule has 7 heteroatoms. The SMILES string of the molecule is NC(=NN=CC=Cc1ccccc1)NN(O)O. The van der Waals surface area contributed by atoms with Gasteiger partial charge < -0.3 is 5.73 Å². The molecular formula is C10H13N5O2. The van der Waals surface area contributed by atoms with Crippen molar-refractivity contribution >= 4 is 18.3 Å². The molecule has 0 radical (unpaired) electrons. The normalized spacial score (nSPS) is 12.8. The topological polar surface area (TPSA) is 106 Å². The van der Waals surface area contributed by atoms with Gasteiger partial charge >= 0.3 is 0 Å². The summed E-state index contributed by atoms with van der Waals surface area (Å²) in [7, 11) is 0. The van der Waals surface area contributed by atoms with Crippen LogP contribution in [0, 0.1) is 0 Å². The summed E-state index contributed by atoms with van der Waals surface area (Å²) in [6.45, 7) is 0. The minimum Gasteiger partial charge on any atom is -0.367 e. The van der Waals surface area contributed by atoms with E-state index in [9.17, 15) is 0 Å². The molecule has 0 aliphatic heterocycles. The Morgan fingerprint density at radius 3 is 2.65 bits per heavy atom. The standard InChI is InChI=1S/C10H13N5O2/c11-10(14-15(16)17)13-12-8-4-7-9-5-2-1-3-6-9/h1-8,16-17H,(H3,11,13,14). The van der Waals surface area contributed by atoms with Gasteiger partial charge in [-0.05, 0) is 11.6 Å². The molecule has 0 heterocycles. The Bertz CT molecular complexity index is 414. The molecule has 0 saturated heterocycles. The van der Waals surface area contributed by atoms with Gasteiger partial charge in [0.15, 0.2) is 0 Å². The van der Waals surface area contributed by atoms with Crippen molar-refractivity contribution in [2.24, 2.45) is 15.9 Å². The van der Waals surface area contributed by atoms with Crippen LogP contribution in [0.15, 0.2) is 46.6 Å². The lowest BCUT2D eigenvalue weighted by Crippen LogP contribution is -2.41. The molecule has 0 aliphatic carbocycles. The molecule has 0 fully saturated rings. The van der Waals surface area contributed by atoms with E-state index >= 15 is 0 Å². The number of guanidine groups is 1. The molecule has 0 aromatic heterocycles. The molecular weight excluding hydrogens is 222 g/mol. The Labute approximate surface area is 98.1 Å². The first kappa shape index (κ1) is 12.8. The van der Waals surface area contributed by atoms with Crippen LogP contribution in [0.25, 0.3) is 6.08 Å². The summed E-state index contributed by atoms with van der Waals surface area (Å²) in [5.74, 6) is -0.251. The maximum atomic E-state index is 8.33. The van der Waals surface area contributed by atoms with Crippen LogP contribution < -0.4 is 11.2 Å². The number of hydrogen-bond acceptors (Lipinski definition) is 5. The molecule has 0 aliphatic rings. The molecule has 0 saturated carbocycles. The second-order valence-electron chi connectivity index (χ2n) is 2.92. The van der Waals surface area contributed by atoms with Crippen molar-refractivity contribution in [3.63, 3.8) is 0 Å². The molecule has 17 heavy (non-hydrogen) atoms. The minimum absolute atomic E-state index is 0.251. The van der Waals surface area contributed by atoms with E-state index in [1.807, 2.05) is 41.8 Å². The molecule has 0 amide bonds. The quantitative estimate of drug-likeness (QED) is 0.347. The average Bonchev–Trinajstić information content (AvgIpc) is 2.29.